The van der Waals surface area contributed by atoms with Crippen LogP contribution in [0.15, 0.2) is 28.2 Å². The number of carbonyl (C=O) groups excluding carboxylic acids is 1. The lowest BCUT2D eigenvalue weighted by atomic mass is 10.1. The van der Waals surface area contributed by atoms with E-state index >= 15 is 0 Å². The molecule has 0 spiro atoms. The Balaban J connectivity index is 2.28. The number of methoxy groups -OCH3 is 1. The second-order valence-electron chi connectivity index (χ2n) is 3.92. The number of carbonyl (C=O) groups is 1. The largest absolute Gasteiger partial charge is 0.452 e. The normalized spacial score (nSPS) is 18.8. The molecule has 0 unspecified atom stereocenters. The fraction of sp³-hybridized carbons (Fsp3) is 0.400. The number of aliphatic imine (C=N–C) groups is 1. The summed E-state index contributed by atoms with van der Waals surface area (Å²) in [7, 11) is 1.31. The first-order valence-electron chi connectivity index (χ1n) is 5.14. The van der Waals surface area contributed by atoms with Gasteiger partial charge in [-0.3, -0.25) is 0 Å². The van der Waals surface area contributed by atoms with Crippen molar-refractivity contribution in [2.45, 2.75) is 13.8 Å². The van der Waals surface area contributed by atoms with Crippen molar-refractivity contribution < 1.29 is 9.53 Å². The molecule has 2 rings (SSSR count). The molecule has 0 bridgehead atoms. The molecule has 1 N–H and O–H groups in total. The minimum atomic E-state index is -0.530. The van der Waals surface area contributed by atoms with Gasteiger partial charge in [0.1, 0.15) is 5.16 Å². The molecule has 0 aromatic carbocycles. The summed E-state index contributed by atoms with van der Waals surface area (Å²) in [6, 6.07) is 0. The molecule has 92 valence electrons. The Morgan fingerprint density at radius 2 is 2.29 bits per heavy atom. The van der Waals surface area contributed by atoms with Crippen LogP contribution in [-0.2, 0) is 4.74 Å². The van der Waals surface area contributed by atoms with Gasteiger partial charge < -0.3 is 4.74 Å². The highest BCUT2D eigenvalue weighted by atomic mass is 35.5. The molecule has 0 aliphatic carbocycles. The molecule has 2 aliphatic rings. The van der Waals surface area contributed by atoms with Crippen molar-refractivity contribution in [3.63, 3.8) is 0 Å². The third-order valence-corrected chi connectivity index (χ3v) is 2.65. The molecular formula is C10H13ClN4O2. The summed E-state index contributed by atoms with van der Waals surface area (Å²) in [6.45, 7) is 4.05. The number of ether oxygens (including phenoxy) is 1. The Morgan fingerprint density at radius 1 is 1.59 bits per heavy atom. The third-order valence-electron chi connectivity index (χ3n) is 2.37. The molecule has 0 radical (unpaired) electrons. The van der Waals surface area contributed by atoms with Crippen LogP contribution in [0.1, 0.15) is 13.8 Å². The van der Waals surface area contributed by atoms with E-state index in [0.717, 1.165) is 5.71 Å². The van der Waals surface area contributed by atoms with Crippen LogP contribution in [0.2, 0.25) is 0 Å². The lowest BCUT2D eigenvalue weighted by Gasteiger charge is -2.24. The number of nitrogens with one attached hydrogen (secondary N) is 1. The van der Waals surface area contributed by atoms with E-state index in [1.165, 1.54) is 23.3 Å². The zero-order valence-electron chi connectivity index (χ0n) is 9.77. The SMILES string of the molecule is COC(=O)N1C=C2N=C(C(C)C)C=C(Cl)N2N1. The summed E-state index contributed by atoms with van der Waals surface area (Å²) in [5.74, 6) is 0.825. The highest BCUT2D eigenvalue weighted by molar-refractivity contribution is 6.31. The van der Waals surface area contributed by atoms with Gasteiger partial charge in [-0.15, -0.1) is 5.53 Å². The van der Waals surface area contributed by atoms with Crippen LogP contribution in [0.25, 0.3) is 0 Å². The number of nitrogens with zero attached hydrogens (tertiary/aromatic N) is 3. The van der Waals surface area contributed by atoms with Gasteiger partial charge in [0.25, 0.3) is 0 Å². The van der Waals surface area contributed by atoms with E-state index in [1.807, 2.05) is 13.8 Å². The Kier molecular flexibility index (Phi) is 3.08. The molecule has 0 fully saturated rings. The number of hydrogen-bond donors (Lipinski definition) is 1. The molecular weight excluding hydrogens is 244 g/mol. The standard InChI is InChI=1S/C10H13ClN4O2/c1-6(2)7-4-8(11)15-9(12-7)5-14(13-15)10(16)17-3/h4-6,13H,1-3H3. The van der Waals surface area contributed by atoms with Crippen LogP contribution in [-0.4, -0.2) is 28.9 Å². The molecule has 6 nitrogen and oxygen atoms in total. The highest BCUT2D eigenvalue weighted by Crippen LogP contribution is 2.26. The molecule has 17 heavy (non-hydrogen) atoms. The number of allylic oxidation sites excluding steroid dienone is 1. The molecule has 0 aromatic heterocycles. The predicted molar refractivity (Wildman–Crippen MR) is 63.5 cm³/mol. The van der Waals surface area contributed by atoms with Crippen LogP contribution >= 0.6 is 11.6 Å². The Hall–Kier alpha value is -1.53. The van der Waals surface area contributed by atoms with Crippen molar-refractivity contribution in [3.8, 4) is 0 Å². The van der Waals surface area contributed by atoms with Crippen molar-refractivity contribution >= 4 is 23.4 Å². The Labute approximate surface area is 104 Å². The van der Waals surface area contributed by atoms with Gasteiger partial charge in [0.15, 0.2) is 5.82 Å². The minimum absolute atomic E-state index is 0.263. The zero-order valence-corrected chi connectivity index (χ0v) is 10.5. The summed E-state index contributed by atoms with van der Waals surface area (Å²) >= 11 is 6.09. The first kappa shape index (κ1) is 11.9. The Morgan fingerprint density at radius 3 is 2.88 bits per heavy atom. The van der Waals surface area contributed by atoms with Crippen molar-refractivity contribution in [1.82, 2.24) is 15.6 Å². The summed E-state index contributed by atoms with van der Waals surface area (Å²) in [5.41, 5.74) is 3.61. The van der Waals surface area contributed by atoms with Crippen molar-refractivity contribution in [2.24, 2.45) is 10.9 Å². The summed E-state index contributed by atoms with van der Waals surface area (Å²) in [6.07, 6.45) is 2.76. The minimum Gasteiger partial charge on any atom is -0.452 e. The average molecular weight is 257 g/mol. The molecule has 0 aromatic rings. The smallest absolute Gasteiger partial charge is 0.429 e. The van der Waals surface area contributed by atoms with Crippen LogP contribution in [0.3, 0.4) is 0 Å². The maximum Gasteiger partial charge on any atom is 0.429 e. The monoisotopic (exact) mass is 256 g/mol. The van der Waals surface area contributed by atoms with E-state index < -0.39 is 6.09 Å². The maximum atomic E-state index is 11.3. The molecule has 1 amide bonds. The van der Waals surface area contributed by atoms with Crippen molar-refractivity contribution in [2.75, 3.05) is 7.11 Å². The highest BCUT2D eigenvalue weighted by Gasteiger charge is 2.30. The first-order valence-corrected chi connectivity index (χ1v) is 5.52. The predicted octanol–water partition coefficient (Wildman–Crippen LogP) is 1.78. The number of hydrazine groups is 2. The second-order valence-corrected chi connectivity index (χ2v) is 4.31. The van der Waals surface area contributed by atoms with Crippen LogP contribution in [0.4, 0.5) is 4.79 Å². The van der Waals surface area contributed by atoms with E-state index in [9.17, 15) is 4.79 Å². The number of rotatable bonds is 1. The lowest BCUT2D eigenvalue weighted by Crippen LogP contribution is -2.42. The number of amides is 1. The van der Waals surface area contributed by atoms with Gasteiger partial charge in [-0.2, -0.15) is 5.01 Å². The van der Waals surface area contributed by atoms with E-state index in [2.05, 4.69) is 15.3 Å². The quantitative estimate of drug-likeness (QED) is 0.727. The summed E-state index contributed by atoms with van der Waals surface area (Å²) in [5, 5.41) is 3.14. The molecule has 0 atom stereocenters. The summed E-state index contributed by atoms with van der Waals surface area (Å²) < 4.78 is 4.59. The van der Waals surface area contributed by atoms with E-state index in [-0.39, 0.29) is 5.92 Å². The van der Waals surface area contributed by atoms with Gasteiger partial charge in [0.05, 0.1) is 13.3 Å². The van der Waals surface area contributed by atoms with E-state index in [1.54, 1.807) is 6.08 Å². The van der Waals surface area contributed by atoms with Gasteiger partial charge in [0.2, 0.25) is 0 Å². The van der Waals surface area contributed by atoms with Gasteiger partial charge >= 0.3 is 6.09 Å². The van der Waals surface area contributed by atoms with Crippen molar-refractivity contribution in [1.29, 1.82) is 0 Å². The van der Waals surface area contributed by atoms with Crippen LogP contribution < -0.4 is 5.53 Å². The van der Waals surface area contributed by atoms with Gasteiger partial charge in [-0.25, -0.2) is 14.8 Å². The van der Waals surface area contributed by atoms with Gasteiger partial charge in [-0.1, -0.05) is 25.4 Å². The zero-order chi connectivity index (χ0) is 12.6. The third kappa shape index (κ3) is 2.13. The second kappa shape index (κ2) is 4.38. The van der Waals surface area contributed by atoms with Gasteiger partial charge in [-0.05, 0) is 12.0 Å². The van der Waals surface area contributed by atoms with Crippen molar-refractivity contribution in [3.05, 3.63) is 23.3 Å². The molecule has 0 saturated heterocycles. The van der Waals surface area contributed by atoms with Crippen LogP contribution in [0.5, 0.6) is 0 Å². The summed E-state index contributed by atoms with van der Waals surface area (Å²) in [4.78, 5) is 15.7. The topological polar surface area (TPSA) is 57.2 Å². The van der Waals surface area contributed by atoms with Crippen LogP contribution in [0, 0.1) is 5.92 Å². The molecule has 7 heteroatoms. The van der Waals surface area contributed by atoms with E-state index in [4.69, 9.17) is 11.6 Å². The maximum absolute atomic E-state index is 11.3. The molecule has 2 heterocycles. The molecule has 0 saturated carbocycles. The van der Waals surface area contributed by atoms with Gasteiger partial charge in [0, 0.05) is 5.71 Å². The number of halogens is 1. The number of fused-ring (bicyclic) bond motifs is 1. The lowest BCUT2D eigenvalue weighted by molar-refractivity contribution is 0.102. The molecule has 2 aliphatic heterocycles. The fourth-order valence-corrected chi connectivity index (χ4v) is 1.67. The number of hydrogen-bond acceptors (Lipinski definition) is 5. The Bertz CT molecular complexity index is 442. The fourth-order valence-electron chi connectivity index (χ4n) is 1.44. The average Bonchev–Trinajstić information content (AvgIpc) is 2.72. The first-order chi connectivity index (χ1) is 8.02. The van der Waals surface area contributed by atoms with E-state index in [0.29, 0.717) is 11.0 Å².